The van der Waals surface area contributed by atoms with Gasteiger partial charge in [0.05, 0.1) is 9.85 Å². The van der Waals surface area contributed by atoms with E-state index in [9.17, 15) is 29.8 Å². The summed E-state index contributed by atoms with van der Waals surface area (Å²) < 4.78 is 0. The fraction of sp³-hybridized carbons (Fsp3) is 0.125. The molecule has 4 rings (SSSR count). The van der Waals surface area contributed by atoms with Crippen LogP contribution in [0.2, 0.25) is 0 Å². The molecule has 0 bridgehead atoms. The number of benzene rings is 2. The molecule has 2 aromatic carbocycles. The first-order valence-corrected chi connectivity index (χ1v) is 8.05. The molecule has 2 heterocycles. The maximum absolute atomic E-state index is 13.1. The molecular formula is C16H12N6O6. The lowest BCUT2D eigenvalue weighted by Crippen LogP contribution is -2.43. The summed E-state index contributed by atoms with van der Waals surface area (Å²) in [4.78, 5) is 48.1. The second kappa shape index (κ2) is 6.19. The van der Waals surface area contributed by atoms with Crippen molar-refractivity contribution in [3.63, 3.8) is 0 Å². The molecule has 0 radical (unpaired) electrons. The number of nitrogens with zero attached hydrogens (tertiary/aromatic N) is 4. The summed E-state index contributed by atoms with van der Waals surface area (Å²) in [6.45, 7) is 0. The zero-order valence-electron chi connectivity index (χ0n) is 14.0. The topological polar surface area (TPSA) is 151 Å². The average Bonchev–Trinajstić information content (AvgIpc) is 3.15. The average molecular weight is 384 g/mol. The molecule has 142 valence electrons. The van der Waals surface area contributed by atoms with Gasteiger partial charge in [-0.1, -0.05) is 0 Å². The summed E-state index contributed by atoms with van der Waals surface area (Å²) in [5.74, 6) is 0. The van der Waals surface area contributed by atoms with E-state index in [4.69, 9.17) is 0 Å². The molecule has 4 amide bonds. The second-order valence-electron chi connectivity index (χ2n) is 6.08. The molecule has 2 aliphatic heterocycles. The van der Waals surface area contributed by atoms with Gasteiger partial charge < -0.3 is 10.6 Å². The molecule has 2 unspecified atom stereocenters. The molecule has 2 aromatic rings. The first-order valence-electron chi connectivity index (χ1n) is 8.05. The monoisotopic (exact) mass is 384 g/mol. The zero-order valence-corrected chi connectivity index (χ0v) is 14.0. The predicted molar refractivity (Wildman–Crippen MR) is 95.8 cm³/mol. The van der Waals surface area contributed by atoms with Crippen LogP contribution in [0.15, 0.2) is 48.5 Å². The lowest BCUT2D eigenvalue weighted by molar-refractivity contribution is -0.385. The predicted octanol–water partition coefficient (Wildman–Crippen LogP) is 1.91. The highest BCUT2D eigenvalue weighted by atomic mass is 16.6. The quantitative estimate of drug-likeness (QED) is 0.607. The van der Waals surface area contributed by atoms with Gasteiger partial charge >= 0.3 is 12.1 Å². The van der Waals surface area contributed by atoms with Crippen molar-refractivity contribution < 1.29 is 19.4 Å². The van der Waals surface area contributed by atoms with Crippen LogP contribution in [0.25, 0.3) is 0 Å². The summed E-state index contributed by atoms with van der Waals surface area (Å²) in [5.41, 5.74) is 0.457. The fourth-order valence-electron chi connectivity index (χ4n) is 3.25. The maximum Gasteiger partial charge on any atom is 0.332 e. The Bertz CT molecular complexity index is 914. The number of fused-ring (bicyclic) bond motifs is 1. The van der Waals surface area contributed by atoms with Crippen molar-refractivity contribution in [2.24, 2.45) is 0 Å². The highest BCUT2D eigenvalue weighted by Gasteiger charge is 2.52. The maximum atomic E-state index is 13.1. The summed E-state index contributed by atoms with van der Waals surface area (Å²) in [5, 5.41) is 26.9. The van der Waals surface area contributed by atoms with E-state index in [1.807, 2.05) is 0 Å². The molecule has 28 heavy (non-hydrogen) atoms. The van der Waals surface area contributed by atoms with Crippen molar-refractivity contribution in [2.75, 3.05) is 9.80 Å². The lowest BCUT2D eigenvalue weighted by atomic mass is 10.2. The minimum Gasteiger partial charge on any atom is -0.314 e. The van der Waals surface area contributed by atoms with Crippen molar-refractivity contribution >= 4 is 34.8 Å². The molecule has 2 fully saturated rings. The number of hydrogen-bond donors (Lipinski definition) is 2. The third kappa shape index (κ3) is 2.63. The molecule has 0 saturated carbocycles. The number of rotatable bonds is 4. The Hall–Kier alpha value is -4.22. The van der Waals surface area contributed by atoms with Gasteiger partial charge in [-0.3, -0.25) is 30.0 Å². The number of nitro benzene ring substituents is 2. The van der Waals surface area contributed by atoms with Gasteiger partial charge in [-0.05, 0) is 24.3 Å². The smallest absolute Gasteiger partial charge is 0.314 e. The van der Waals surface area contributed by atoms with E-state index in [2.05, 4.69) is 10.6 Å². The molecule has 12 nitrogen and oxygen atoms in total. The minimum absolute atomic E-state index is 0.132. The lowest BCUT2D eigenvalue weighted by Gasteiger charge is -2.22. The number of hydrogen-bond acceptors (Lipinski definition) is 6. The van der Waals surface area contributed by atoms with Crippen LogP contribution in [0, 0.1) is 20.2 Å². The SMILES string of the molecule is O=C1NC2C(N1)N(c1ccc([N+](=O)[O-])cc1)C(=O)N2c1ccc([N+](=O)[O-])cc1. The number of anilines is 2. The summed E-state index contributed by atoms with van der Waals surface area (Å²) >= 11 is 0. The van der Waals surface area contributed by atoms with Crippen LogP contribution in [0.4, 0.5) is 32.3 Å². The van der Waals surface area contributed by atoms with Gasteiger partial charge in [0, 0.05) is 35.6 Å². The van der Waals surface area contributed by atoms with Crippen molar-refractivity contribution in [3.8, 4) is 0 Å². The van der Waals surface area contributed by atoms with Crippen molar-refractivity contribution in [1.29, 1.82) is 0 Å². The summed E-state index contributed by atoms with van der Waals surface area (Å²) in [6.07, 6.45) is -1.51. The Morgan fingerprint density at radius 3 is 1.39 bits per heavy atom. The normalized spacial score (nSPS) is 20.6. The van der Waals surface area contributed by atoms with Crippen molar-refractivity contribution in [2.45, 2.75) is 12.3 Å². The number of carbonyl (C=O) groups is 2. The number of urea groups is 2. The Labute approximate surface area is 156 Å². The molecule has 2 atom stereocenters. The van der Waals surface area contributed by atoms with Crippen LogP contribution in [0.3, 0.4) is 0 Å². The molecule has 0 aliphatic carbocycles. The van der Waals surface area contributed by atoms with Crippen LogP contribution in [0.1, 0.15) is 0 Å². The standard InChI is InChI=1S/C16H12N6O6/c23-15-17-13-14(18-15)20(10-3-7-12(8-4-10)22(27)28)16(24)19(13)9-1-5-11(6-2-9)21(25)26/h1-8,13-14H,(H2,17,18,23). The number of nitrogens with one attached hydrogen (secondary N) is 2. The van der Waals surface area contributed by atoms with Gasteiger partial charge in [0.1, 0.15) is 0 Å². The third-order valence-electron chi connectivity index (χ3n) is 4.50. The molecule has 2 saturated heterocycles. The summed E-state index contributed by atoms with van der Waals surface area (Å²) in [7, 11) is 0. The largest absolute Gasteiger partial charge is 0.332 e. The third-order valence-corrected chi connectivity index (χ3v) is 4.50. The van der Waals surface area contributed by atoms with Crippen LogP contribution < -0.4 is 20.4 Å². The highest BCUT2D eigenvalue weighted by Crippen LogP contribution is 2.34. The number of amides is 4. The first kappa shape index (κ1) is 17.2. The van der Waals surface area contributed by atoms with Gasteiger partial charge in [-0.25, -0.2) is 9.59 Å². The Balaban J connectivity index is 1.71. The number of nitro groups is 2. The van der Waals surface area contributed by atoms with Crippen LogP contribution in [-0.4, -0.2) is 34.2 Å². The van der Waals surface area contributed by atoms with Crippen LogP contribution >= 0.6 is 0 Å². The van der Waals surface area contributed by atoms with Crippen molar-refractivity contribution in [1.82, 2.24) is 10.6 Å². The fourth-order valence-corrected chi connectivity index (χ4v) is 3.25. The second-order valence-corrected chi connectivity index (χ2v) is 6.08. The van der Waals surface area contributed by atoms with Gasteiger partial charge in [0.2, 0.25) is 0 Å². The van der Waals surface area contributed by atoms with Gasteiger partial charge in [-0.2, -0.15) is 0 Å². The van der Waals surface area contributed by atoms with Gasteiger partial charge in [0.15, 0.2) is 12.3 Å². The Morgan fingerprint density at radius 2 is 1.07 bits per heavy atom. The zero-order chi connectivity index (χ0) is 20.0. The van der Waals surface area contributed by atoms with E-state index in [1.54, 1.807) is 0 Å². The van der Waals surface area contributed by atoms with E-state index in [-0.39, 0.29) is 11.4 Å². The first-order chi connectivity index (χ1) is 13.4. The van der Waals surface area contributed by atoms with Gasteiger partial charge in [-0.15, -0.1) is 0 Å². The summed E-state index contributed by atoms with van der Waals surface area (Å²) in [6, 6.07) is 9.72. The van der Waals surface area contributed by atoms with Crippen LogP contribution in [0.5, 0.6) is 0 Å². The molecule has 0 spiro atoms. The van der Waals surface area contributed by atoms with E-state index >= 15 is 0 Å². The van der Waals surface area contributed by atoms with Crippen molar-refractivity contribution in [3.05, 3.63) is 68.8 Å². The van der Waals surface area contributed by atoms with E-state index < -0.39 is 34.2 Å². The molecule has 2 aliphatic rings. The highest BCUT2D eigenvalue weighted by molar-refractivity contribution is 6.09. The molecule has 2 N–H and O–H groups in total. The molecule has 0 aromatic heterocycles. The number of non-ortho nitro benzene ring substituents is 2. The van der Waals surface area contributed by atoms with E-state index in [0.717, 1.165) is 0 Å². The molecular weight excluding hydrogens is 372 g/mol. The van der Waals surface area contributed by atoms with E-state index in [0.29, 0.717) is 11.4 Å². The van der Waals surface area contributed by atoms with Crippen LogP contribution in [-0.2, 0) is 0 Å². The minimum atomic E-state index is -0.753. The van der Waals surface area contributed by atoms with Gasteiger partial charge in [0.25, 0.3) is 11.4 Å². The Kier molecular flexibility index (Phi) is 3.80. The molecule has 12 heteroatoms. The number of carbonyl (C=O) groups excluding carboxylic acids is 2. The Morgan fingerprint density at radius 1 is 0.714 bits per heavy atom. The van der Waals surface area contributed by atoms with E-state index in [1.165, 1.54) is 58.3 Å².